The molecule has 148 valence electrons. The van der Waals surface area contributed by atoms with Crippen LogP contribution in [-0.4, -0.2) is 56.7 Å². The van der Waals surface area contributed by atoms with E-state index in [1.54, 1.807) is 4.90 Å². The minimum Gasteiger partial charge on any atom is -0.323 e. The van der Waals surface area contributed by atoms with Crippen molar-refractivity contribution in [3.8, 4) is 0 Å². The number of aryl methyl sites for hydroxylation is 1. The van der Waals surface area contributed by atoms with E-state index in [4.69, 9.17) is 0 Å². The molecular formula is C20H24N4O3S. The number of rotatable bonds is 3. The largest absolute Gasteiger partial charge is 0.325 e. The summed E-state index contributed by atoms with van der Waals surface area (Å²) in [4.78, 5) is 45.4. The van der Waals surface area contributed by atoms with E-state index in [0.29, 0.717) is 24.6 Å². The number of hydrogen-bond donors (Lipinski definition) is 1. The maximum atomic E-state index is 13.0. The topological polar surface area (TPSA) is 82.1 Å². The molecule has 1 unspecified atom stereocenters. The van der Waals surface area contributed by atoms with Gasteiger partial charge >= 0.3 is 6.03 Å². The van der Waals surface area contributed by atoms with E-state index in [0.717, 1.165) is 29.0 Å². The number of amides is 4. The van der Waals surface area contributed by atoms with Gasteiger partial charge in [0.1, 0.15) is 12.1 Å². The normalized spacial score (nSPS) is 25.2. The van der Waals surface area contributed by atoms with Gasteiger partial charge in [-0.2, -0.15) is 0 Å². The number of nitrogens with zero attached hydrogens (tertiary/aromatic N) is 3. The van der Waals surface area contributed by atoms with E-state index in [9.17, 15) is 14.4 Å². The summed E-state index contributed by atoms with van der Waals surface area (Å²) in [6.45, 7) is 4.30. The quantitative estimate of drug-likeness (QED) is 0.791. The monoisotopic (exact) mass is 400 g/mol. The highest BCUT2D eigenvalue weighted by Gasteiger charge is 2.53. The van der Waals surface area contributed by atoms with Crippen LogP contribution in [0.5, 0.6) is 0 Å². The van der Waals surface area contributed by atoms with E-state index < -0.39 is 11.6 Å². The van der Waals surface area contributed by atoms with Gasteiger partial charge < -0.3 is 5.32 Å². The molecule has 2 aliphatic heterocycles. The number of imide groups is 1. The smallest absolute Gasteiger partial charge is 0.323 e. The number of carbonyl (C=O) groups is 3. The molecule has 8 heteroatoms. The zero-order chi connectivity index (χ0) is 19.9. The van der Waals surface area contributed by atoms with Crippen LogP contribution in [0.1, 0.15) is 38.2 Å². The van der Waals surface area contributed by atoms with Gasteiger partial charge in [-0.3, -0.25) is 19.4 Å². The van der Waals surface area contributed by atoms with Crippen LogP contribution in [0, 0.1) is 6.92 Å². The number of aliphatic imine (C=N–C) groups is 1. The number of nitrogens with one attached hydrogen (secondary N) is 1. The molecule has 4 rings (SSSR count). The Morgan fingerprint density at radius 1 is 1.32 bits per heavy atom. The molecule has 1 saturated carbocycles. The van der Waals surface area contributed by atoms with E-state index in [2.05, 4.69) is 10.3 Å². The van der Waals surface area contributed by atoms with Crippen LogP contribution in [0.25, 0.3) is 0 Å². The van der Waals surface area contributed by atoms with Gasteiger partial charge in [0.05, 0.1) is 5.69 Å². The second kappa shape index (κ2) is 7.24. The number of hydrogen-bond acceptors (Lipinski definition) is 5. The first-order valence-electron chi connectivity index (χ1n) is 9.64. The molecule has 0 radical (unpaired) electrons. The first-order valence-corrected chi connectivity index (χ1v) is 10.5. The van der Waals surface area contributed by atoms with Gasteiger partial charge in [0.25, 0.3) is 5.91 Å². The lowest BCUT2D eigenvalue weighted by molar-refractivity contribution is -0.136. The minimum absolute atomic E-state index is 0.205. The number of carbonyl (C=O) groups excluding carboxylic acids is 3. The molecule has 1 aliphatic carbocycles. The summed E-state index contributed by atoms with van der Waals surface area (Å²) in [5, 5.41) is 3.64. The van der Waals surface area contributed by atoms with Crippen LogP contribution in [0.2, 0.25) is 0 Å². The SMILES string of the molecule is Cc1cccc(N=C2SC(C)CN2C(=O)CN2C(=O)NC3(CCCC3)C2=O)c1. The van der Waals surface area contributed by atoms with Crippen molar-refractivity contribution in [2.45, 2.75) is 50.3 Å². The molecule has 1 spiro atoms. The molecular weight excluding hydrogens is 376 g/mol. The molecule has 1 N–H and O–H groups in total. The third kappa shape index (κ3) is 3.41. The van der Waals surface area contributed by atoms with Gasteiger partial charge in [-0.15, -0.1) is 0 Å². The highest BCUT2D eigenvalue weighted by atomic mass is 32.2. The number of thioether (sulfide) groups is 1. The van der Waals surface area contributed by atoms with Crippen LogP contribution in [-0.2, 0) is 9.59 Å². The zero-order valence-electron chi connectivity index (χ0n) is 16.1. The Morgan fingerprint density at radius 3 is 2.79 bits per heavy atom. The van der Waals surface area contributed by atoms with Crippen molar-refractivity contribution in [1.82, 2.24) is 15.1 Å². The highest BCUT2D eigenvalue weighted by Crippen LogP contribution is 2.35. The predicted octanol–water partition coefficient (Wildman–Crippen LogP) is 2.81. The first kappa shape index (κ1) is 19.0. The maximum Gasteiger partial charge on any atom is 0.325 e. The molecule has 1 aromatic rings. The van der Waals surface area contributed by atoms with Crippen LogP contribution in [0.4, 0.5) is 10.5 Å². The lowest BCUT2D eigenvalue weighted by atomic mass is 9.98. The van der Waals surface area contributed by atoms with Crippen LogP contribution in [0.3, 0.4) is 0 Å². The Hall–Kier alpha value is -2.35. The molecule has 1 atom stereocenters. The maximum absolute atomic E-state index is 13.0. The third-order valence-electron chi connectivity index (χ3n) is 5.50. The van der Waals surface area contributed by atoms with Crippen molar-refractivity contribution < 1.29 is 14.4 Å². The average molecular weight is 401 g/mol. The molecule has 2 heterocycles. The molecule has 0 aromatic heterocycles. The minimum atomic E-state index is -0.789. The van der Waals surface area contributed by atoms with Gasteiger partial charge in [-0.1, -0.05) is 43.7 Å². The average Bonchev–Trinajstić information content (AvgIpc) is 3.31. The fourth-order valence-corrected chi connectivity index (χ4v) is 5.12. The number of benzene rings is 1. The summed E-state index contributed by atoms with van der Waals surface area (Å²) >= 11 is 1.53. The molecule has 1 aromatic carbocycles. The molecule has 0 bridgehead atoms. The van der Waals surface area contributed by atoms with Crippen LogP contribution in [0.15, 0.2) is 29.3 Å². The van der Waals surface area contributed by atoms with Gasteiger partial charge in [0.15, 0.2) is 5.17 Å². The summed E-state index contributed by atoms with van der Waals surface area (Å²) in [5.41, 5.74) is 1.09. The van der Waals surface area contributed by atoms with E-state index in [1.165, 1.54) is 11.8 Å². The molecule has 2 saturated heterocycles. The zero-order valence-corrected chi connectivity index (χ0v) is 16.9. The molecule has 7 nitrogen and oxygen atoms in total. The van der Waals surface area contributed by atoms with Crippen LogP contribution < -0.4 is 5.32 Å². The van der Waals surface area contributed by atoms with E-state index in [-0.39, 0.29) is 23.6 Å². The Bertz CT molecular complexity index is 863. The van der Waals surface area contributed by atoms with Crippen molar-refractivity contribution in [1.29, 1.82) is 0 Å². The second-order valence-corrected chi connectivity index (χ2v) is 9.18. The van der Waals surface area contributed by atoms with E-state index in [1.807, 2.05) is 38.1 Å². The summed E-state index contributed by atoms with van der Waals surface area (Å²) in [6.07, 6.45) is 3.14. The molecule has 3 fully saturated rings. The number of amidine groups is 1. The van der Waals surface area contributed by atoms with Crippen molar-refractivity contribution in [2.75, 3.05) is 13.1 Å². The van der Waals surface area contributed by atoms with Gasteiger partial charge in [-0.05, 0) is 37.5 Å². The fraction of sp³-hybridized carbons (Fsp3) is 0.500. The van der Waals surface area contributed by atoms with Crippen molar-refractivity contribution in [2.24, 2.45) is 4.99 Å². The van der Waals surface area contributed by atoms with Crippen molar-refractivity contribution in [3.05, 3.63) is 29.8 Å². The summed E-state index contributed by atoms with van der Waals surface area (Å²) in [6, 6.07) is 7.32. The Kier molecular flexibility index (Phi) is 4.91. The van der Waals surface area contributed by atoms with Crippen LogP contribution >= 0.6 is 11.8 Å². The second-order valence-electron chi connectivity index (χ2n) is 7.78. The Balaban J connectivity index is 1.52. The van der Waals surface area contributed by atoms with Gasteiger partial charge in [-0.25, -0.2) is 9.79 Å². The standard InChI is InChI=1S/C20H24N4O3S/c1-13-6-5-7-15(10-13)21-19-23(11-14(2)28-19)16(25)12-24-17(26)20(22-18(24)27)8-3-4-9-20/h5-7,10,14H,3-4,8-9,11-12H2,1-2H3,(H,22,27). The summed E-state index contributed by atoms with van der Waals surface area (Å²) < 4.78 is 0. The summed E-state index contributed by atoms with van der Waals surface area (Å²) in [7, 11) is 0. The Morgan fingerprint density at radius 2 is 2.07 bits per heavy atom. The van der Waals surface area contributed by atoms with Gasteiger partial charge in [0.2, 0.25) is 5.91 Å². The lowest BCUT2D eigenvalue weighted by Crippen LogP contribution is -2.46. The first-order chi connectivity index (χ1) is 13.4. The van der Waals surface area contributed by atoms with E-state index >= 15 is 0 Å². The molecule has 4 amide bonds. The molecule has 3 aliphatic rings. The highest BCUT2D eigenvalue weighted by molar-refractivity contribution is 8.14. The lowest BCUT2D eigenvalue weighted by Gasteiger charge is -2.21. The molecule has 28 heavy (non-hydrogen) atoms. The fourth-order valence-electron chi connectivity index (χ4n) is 4.08. The predicted molar refractivity (Wildman–Crippen MR) is 108 cm³/mol. The van der Waals surface area contributed by atoms with Crippen molar-refractivity contribution >= 4 is 40.5 Å². The van der Waals surface area contributed by atoms with Gasteiger partial charge in [0, 0.05) is 11.8 Å². The summed E-state index contributed by atoms with van der Waals surface area (Å²) in [5.74, 6) is -0.540. The third-order valence-corrected chi connectivity index (χ3v) is 6.57. The Labute approximate surface area is 168 Å². The van der Waals surface area contributed by atoms with Crippen molar-refractivity contribution in [3.63, 3.8) is 0 Å². The number of urea groups is 1.